The van der Waals surface area contributed by atoms with Crippen LogP contribution in [0.2, 0.25) is 0 Å². The van der Waals surface area contributed by atoms with Crippen LogP contribution < -0.4 is 10.9 Å². The van der Waals surface area contributed by atoms with Gasteiger partial charge in [0.15, 0.2) is 5.13 Å². The average Bonchev–Trinajstić information content (AvgIpc) is 2.96. The number of aromatic nitrogens is 2. The van der Waals surface area contributed by atoms with E-state index >= 15 is 0 Å². The molecule has 2 aromatic rings. The molecule has 0 unspecified atom stereocenters. The molecule has 3 heterocycles. The summed E-state index contributed by atoms with van der Waals surface area (Å²) in [7, 11) is -3.23. The molecule has 0 fully saturated rings. The van der Waals surface area contributed by atoms with E-state index in [0.717, 1.165) is 10.6 Å². The predicted octanol–water partition coefficient (Wildman–Crippen LogP) is 0.792. The molecule has 0 saturated heterocycles. The smallest absolute Gasteiger partial charge is 0.258 e. The van der Waals surface area contributed by atoms with Crippen molar-refractivity contribution in [2.45, 2.75) is 19.9 Å². The Morgan fingerprint density at radius 3 is 2.92 bits per heavy atom. The van der Waals surface area contributed by atoms with Gasteiger partial charge in [-0.1, -0.05) is 0 Å². The van der Waals surface area contributed by atoms with Crippen LogP contribution in [0.5, 0.6) is 0 Å². The first kappa shape index (κ1) is 16.8. The van der Waals surface area contributed by atoms with Crippen LogP contribution in [-0.4, -0.2) is 40.9 Å². The van der Waals surface area contributed by atoms with E-state index in [-0.39, 0.29) is 23.8 Å². The minimum atomic E-state index is -3.23. The second-order valence-electron chi connectivity index (χ2n) is 5.27. The van der Waals surface area contributed by atoms with Crippen molar-refractivity contribution in [2.75, 3.05) is 17.6 Å². The van der Waals surface area contributed by atoms with E-state index in [9.17, 15) is 18.0 Å². The van der Waals surface area contributed by atoms with Gasteiger partial charge in [0.2, 0.25) is 15.6 Å². The Kier molecular flexibility index (Phi) is 4.52. The number of aromatic amines is 1. The molecule has 1 aliphatic heterocycles. The number of H-pyrrole nitrogens is 1. The standard InChI is InChI=1S/C14H16N4O4S2/c1-2-24(21,22)18-6-5-10-11(8-18)23-14(16-10)17-13(20)9-3-4-12(19)15-7-9/h3-4,7H,2,5-6,8H2,1H3,(H,15,19)(H,16,17,20). The molecule has 10 heteroatoms. The second kappa shape index (κ2) is 6.46. The molecule has 0 atom stereocenters. The quantitative estimate of drug-likeness (QED) is 0.829. The molecule has 8 nitrogen and oxygen atoms in total. The molecule has 0 bridgehead atoms. The van der Waals surface area contributed by atoms with Crippen molar-refractivity contribution in [1.82, 2.24) is 14.3 Å². The van der Waals surface area contributed by atoms with Crippen LogP contribution >= 0.6 is 11.3 Å². The SMILES string of the molecule is CCS(=O)(=O)N1CCc2nc(NC(=O)c3ccc(=O)[nH]c3)sc2C1. The third kappa shape index (κ3) is 3.40. The maximum absolute atomic E-state index is 12.1. The van der Waals surface area contributed by atoms with Gasteiger partial charge in [-0.05, 0) is 13.0 Å². The van der Waals surface area contributed by atoms with Gasteiger partial charge in [-0.15, -0.1) is 11.3 Å². The number of carbonyl (C=O) groups is 1. The molecule has 1 amide bonds. The van der Waals surface area contributed by atoms with Crippen LogP contribution in [0.1, 0.15) is 27.9 Å². The van der Waals surface area contributed by atoms with Gasteiger partial charge < -0.3 is 4.98 Å². The van der Waals surface area contributed by atoms with Crippen LogP contribution in [-0.2, 0) is 23.0 Å². The molecular formula is C14H16N4O4S2. The number of sulfonamides is 1. The zero-order valence-corrected chi connectivity index (χ0v) is 14.5. The Hall–Kier alpha value is -2.04. The summed E-state index contributed by atoms with van der Waals surface area (Å²) in [6.45, 7) is 2.31. The van der Waals surface area contributed by atoms with E-state index in [2.05, 4.69) is 15.3 Å². The van der Waals surface area contributed by atoms with Gasteiger partial charge in [0.05, 0.1) is 17.0 Å². The van der Waals surface area contributed by atoms with Crippen molar-refractivity contribution in [3.8, 4) is 0 Å². The molecular weight excluding hydrogens is 352 g/mol. The molecule has 1 aliphatic rings. The summed E-state index contributed by atoms with van der Waals surface area (Å²) < 4.78 is 25.4. The highest BCUT2D eigenvalue weighted by molar-refractivity contribution is 7.89. The normalized spacial score (nSPS) is 15.0. The molecule has 0 radical (unpaired) electrons. The molecule has 0 saturated carbocycles. The lowest BCUT2D eigenvalue weighted by molar-refractivity contribution is 0.102. The van der Waals surface area contributed by atoms with E-state index in [4.69, 9.17) is 0 Å². The number of fused-ring (bicyclic) bond motifs is 1. The van der Waals surface area contributed by atoms with E-state index in [1.165, 1.54) is 34.0 Å². The minimum absolute atomic E-state index is 0.0664. The number of rotatable bonds is 4. The van der Waals surface area contributed by atoms with Gasteiger partial charge in [-0.25, -0.2) is 13.4 Å². The number of carbonyl (C=O) groups excluding carboxylic acids is 1. The Bertz CT molecular complexity index is 912. The molecule has 128 valence electrons. The van der Waals surface area contributed by atoms with Crippen LogP contribution in [0, 0.1) is 0 Å². The molecule has 0 aliphatic carbocycles. The first-order valence-corrected chi connectivity index (χ1v) is 9.78. The van der Waals surface area contributed by atoms with E-state index < -0.39 is 10.0 Å². The molecule has 2 aromatic heterocycles. The topological polar surface area (TPSA) is 112 Å². The van der Waals surface area contributed by atoms with Crippen LogP contribution in [0.4, 0.5) is 5.13 Å². The number of hydrogen-bond donors (Lipinski definition) is 2. The van der Waals surface area contributed by atoms with Crippen molar-refractivity contribution in [2.24, 2.45) is 0 Å². The summed E-state index contributed by atoms with van der Waals surface area (Å²) in [4.78, 5) is 30.8. The third-order valence-corrected chi connectivity index (χ3v) is 6.55. The van der Waals surface area contributed by atoms with Gasteiger partial charge >= 0.3 is 0 Å². The highest BCUT2D eigenvalue weighted by Gasteiger charge is 2.28. The zero-order valence-electron chi connectivity index (χ0n) is 12.9. The number of nitrogens with one attached hydrogen (secondary N) is 2. The highest BCUT2D eigenvalue weighted by Crippen LogP contribution is 2.29. The fraction of sp³-hybridized carbons (Fsp3) is 0.357. The van der Waals surface area contributed by atoms with Crippen LogP contribution in [0.25, 0.3) is 0 Å². The number of anilines is 1. The van der Waals surface area contributed by atoms with Gasteiger partial charge in [0, 0.05) is 36.7 Å². The van der Waals surface area contributed by atoms with Gasteiger partial charge in [-0.3, -0.25) is 14.9 Å². The summed E-state index contributed by atoms with van der Waals surface area (Å²) in [5.41, 5.74) is 0.853. The van der Waals surface area contributed by atoms with E-state index in [1.807, 2.05) is 0 Å². The Morgan fingerprint density at radius 2 is 2.25 bits per heavy atom. The summed E-state index contributed by atoms with van der Waals surface area (Å²) >= 11 is 1.27. The van der Waals surface area contributed by atoms with Gasteiger partial charge in [0.25, 0.3) is 5.91 Å². The third-order valence-electron chi connectivity index (χ3n) is 3.72. The lowest BCUT2D eigenvalue weighted by Crippen LogP contribution is -2.36. The van der Waals surface area contributed by atoms with Gasteiger partial charge in [-0.2, -0.15) is 4.31 Å². The number of thiazole rings is 1. The number of hydrogen-bond acceptors (Lipinski definition) is 6. The molecule has 2 N–H and O–H groups in total. The first-order chi connectivity index (χ1) is 11.4. The molecule has 0 spiro atoms. The van der Waals surface area contributed by atoms with Crippen LogP contribution in [0.15, 0.2) is 23.1 Å². The monoisotopic (exact) mass is 368 g/mol. The summed E-state index contributed by atoms with van der Waals surface area (Å²) in [6, 6.07) is 2.70. The second-order valence-corrected chi connectivity index (χ2v) is 8.61. The molecule has 3 rings (SSSR count). The number of nitrogens with zero attached hydrogens (tertiary/aromatic N) is 2. The van der Waals surface area contributed by atoms with Gasteiger partial charge in [0.1, 0.15) is 0 Å². The predicted molar refractivity (Wildman–Crippen MR) is 90.7 cm³/mol. The maximum atomic E-state index is 12.1. The average molecular weight is 368 g/mol. The Balaban J connectivity index is 1.75. The summed E-state index contributed by atoms with van der Waals surface area (Å²) in [5.74, 6) is -0.313. The van der Waals surface area contributed by atoms with E-state index in [1.54, 1.807) is 6.92 Å². The largest absolute Gasteiger partial charge is 0.328 e. The van der Waals surface area contributed by atoms with Crippen molar-refractivity contribution in [3.05, 3.63) is 44.8 Å². The Labute approximate surface area is 142 Å². The summed E-state index contributed by atoms with van der Waals surface area (Å²) in [6.07, 6.45) is 1.86. The molecule has 0 aromatic carbocycles. The lowest BCUT2D eigenvalue weighted by Gasteiger charge is -2.24. The fourth-order valence-corrected chi connectivity index (χ4v) is 4.53. The minimum Gasteiger partial charge on any atom is -0.328 e. The fourth-order valence-electron chi connectivity index (χ4n) is 2.37. The van der Waals surface area contributed by atoms with E-state index in [0.29, 0.717) is 23.7 Å². The lowest BCUT2D eigenvalue weighted by atomic mass is 10.2. The highest BCUT2D eigenvalue weighted by atomic mass is 32.2. The first-order valence-electron chi connectivity index (χ1n) is 7.35. The van der Waals surface area contributed by atoms with Crippen LogP contribution in [0.3, 0.4) is 0 Å². The van der Waals surface area contributed by atoms with Crippen molar-refractivity contribution in [3.63, 3.8) is 0 Å². The summed E-state index contributed by atoms with van der Waals surface area (Å²) in [5, 5.41) is 3.10. The number of amides is 1. The maximum Gasteiger partial charge on any atom is 0.258 e. The van der Waals surface area contributed by atoms with Crippen molar-refractivity contribution in [1.29, 1.82) is 0 Å². The zero-order chi connectivity index (χ0) is 17.3. The van der Waals surface area contributed by atoms with Crippen molar-refractivity contribution < 1.29 is 13.2 Å². The molecule has 24 heavy (non-hydrogen) atoms. The Morgan fingerprint density at radius 1 is 1.46 bits per heavy atom. The number of pyridine rings is 1. The van der Waals surface area contributed by atoms with Crippen molar-refractivity contribution >= 4 is 32.4 Å².